The van der Waals surface area contributed by atoms with E-state index in [1.165, 1.54) is 0 Å². The second-order valence-corrected chi connectivity index (χ2v) is 9.80. The molecule has 0 atom stereocenters. The third-order valence-electron chi connectivity index (χ3n) is 7.04. The Morgan fingerprint density at radius 3 is 2.14 bits per heavy atom. The predicted octanol–water partition coefficient (Wildman–Crippen LogP) is 6.20. The van der Waals surface area contributed by atoms with Crippen molar-refractivity contribution in [2.45, 2.75) is 57.9 Å². The molecule has 0 unspecified atom stereocenters. The Balaban J connectivity index is 1.60. The van der Waals surface area contributed by atoms with E-state index < -0.39 is 0 Å². The number of hydrogen-bond acceptors (Lipinski definition) is 3. The van der Waals surface area contributed by atoms with Crippen LogP contribution in [0.25, 0.3) is 0 Å². The number of hydrogen-bond donors (Lipinski definition) is 0. The monoisotopic (exact) mass is 498 g/mol. The standard InChI is InChI=1S/C32H38N2O3/c1-37-29-18-13-16-27(22-29)24-32(36)34-21-12-5-3-2-4-11-20-33(25-28-17-9-10-19-30(28)34)31(35)23-26-14-7-6-8-15-26/h6-10,13-19,22H,2-5,11-12,20-21,23-25H2,1H3. The van der Waals surface area contributed by atoms with Crippen LogP contribution in [-0.4, -0.2) is 36.9 Å². The molecule has 5 nitrogen and oxygen atoms in total. The first-order chi connectivity index (χ1) is 18.1. The van der Waals surface area contributed by atoms with Gasteiger partial charge in [0.2, 0.25) is 11.8 Å². The van der Waals surface area contributed by atoms with Crippen LogP contribution in [0.3, 0.4) is 0 Å². The van der Waals surface area contributed by atoms with Crippen molar-refractivity contribution in [1.82, 2.24) is 4.90 Å². The van der Waals surface area contributed by atoms with Crippen LogP contribution in [0.5, 0.6) is 5.75 Å². The van der Waals surface area contributed by atoms with E-state index in [-0.39, 0.29) is 11.8 Å². The number of anilines is 1. The maximum absolute atomic E-state index is 13.7. The average molecular weight is 499 g/mol. The Labute approximate surface area is 221 Å². The van der Waals surface area contributed by atoms with Gasteiger partial charge in [-0.15, -0.1) is 0 Å². The summed E-state index contributed by atoms with van der Waals surface area (Å²) in [5.74, 6) is 0.950. The molecule has 0 aliphatic carbocycles. The first-order valence-electron chi connectivity index (χ1n) is 13.5. The van der Waals surface area contributed by atoms with Crippen molar-refractivity contribution in [2.24, 2.45) is 0 Å². The lowest BCUT2D eigenvalue weighted by molar-refractivity contribution is -0.131. The summed E-state index contributed by atoms with van der Waals surface area (Å²) in [4.78, 5) is 31.0. The lowest BCUT2D eigenvalue weighted by Crippen LogP contribution is -2.36. The van der Waals surface area contributed by atoms with Crippen molar-refractivity contribution < 1.29 is 14.3 Å². The summed E-state index contributed by atoms with van der Waals surface area (Å²) < 4.78 is 5.36. The molecule has 0 bridgehead atoms. The molecular weight excluding hydrogens is 460 g/mol. The van der Waals surface area contributed by atoms with Crippen LogP contribution in [-0.2, 0) is 29.0 Å². The number of fused-ring (bicyclic) bond motifs is 1. The molecule has 0 radical (unpaired) electrons. The van der Waals surface area contributed by atoms with Crippen LogP contribution in [0.4, 0.5) is 5.69 Å². The molecule has 0 saturated carbocycles. The summed E-state index contributed by atoms with van der Waals surface area (Å²) in [7, 11) is 1.64. The molecule has 3 aromatic carbocycles. The number of methoxy groups -OCH3 is 1. The number of benzene rings is 3. The first kappa shape index (κ1) is 26.5. The number of para-hydroxylation sites is 1. The van der Waals surface area contributed by atoms with Crippen LogP contribution in [0.2, 0.25) is 0 Å². The van der Waals surface area contributed by atoms with Gasteiger partial charge in [0, 0.05) is 25.3 Å². The SMILES string of the molecule is COc1cccc(CC(=O)N2CCCCCCCCN(C(=O)Cc3ccccc3)Cc3ccccc32)c1. The topological polar surface area (TPSA) is 49.9 Å². The summed E-state index contributed by atoms with van der Waals surface area (Å²) in [5, 5.41) is 0. The molecule has 1 aliphatic heterocycles. The van der Waals surface area contributed by atoms with Crippen molar-refractivity contribution in [3.05, 3.63) is 95.6 Å². The zero-order valence-corrected chi connectivity index (χ0v) is 21.9. The van der Waals surface area contributed by atoms with Gasteiger partial charge in [0.25, 0.3) is 0 Å². The van der Waals surface area contributed by atoms with E-state index in [9.17, 15) is 9.59 Å². The zero-order valence-electron chi connectivity index (χ0n) is 21.9. The Morgan fingerprint density at radius 2 is 1.35 bits per heavy atom. The third-order valence-corrected chi connectivity index (χ3v) is 7.04. The lowest BCUT2D eigenvalue weighted by Gasteiger charge is -2.29. The number of nitrogens with zero attached hydrogens (tertiary/aromatic N) is 2. The largest absolute Gasteiger partial charge is 0.497 e. The molecule has 1 aliphatic rings. The quantitative estimate of drug-likeness (QED) is 0.421. The third kappa shape index (κ3) is 7.69. The number of carbonyl (C=O) groups excluding carboxylic acids is 2. The Hall–Kier alpha value is -3.60. The second kappa shape index (κ2) is 13.6. The Kier molecular flexibility index (Phi) is 9.75. The minimum absolute atomic E-state index is 0.0673. The maximum Gasteiger partial charge on any atom is 0.231 e. The van der Waals surface area contributed by atoms with Gasteiger partial charge < -0.3 is 14.5 Å². The van der Waals surface area contributed by atoms with Crippen LogP contribution in [0.15, 0.2) is 78.9 Å². The predicted molar refractivity (Wildman–Crippen MR) is 149 cm³/mol. The Bertz CT molecular complexity index is 1160. The van der Waals surface area contributed by atoms with E-state index >= 15 is 0 Å². The van der Waals surface area contributed by atoms with Crippen LogP contribution >= 0.6 is 0 Å². The molecular formula is C32H38N2O3. The van der Waals surface area contributed by atoms with E-state index in [1.54, 1.807) is 7.11 Å². The van der Waals surface area contributed by atoms with Gasteiger partial charge in [-0.3, -0.25) is 9.59 Å². The molecule has 0 spiro atoms. The van der Waals surface area contributed by atoms with E-state index in [0.29, 0.717) is 25.9 Å². The number of carbonyl (C=O) groups is 2. The summed E-state index contributed by atoms with van der Waals surface area (Å²) in [6, 6.07) is 25.7. The van der Waals surface area contributed by atoms with E-state index in [0.717, 1.165) is 73.2 Å². The van der Waals surface area contributed by atoms with E-state index in [4.69, 9.17) is 4.74 Å². The summed E-state index contributed by atoms with van der Waals surface area (Å²) in [6.45, 7) is 1.92. The fourth-order valence-corrected chi connectivity index (χ4v) is 5.00. The van der Waals surface area contributed by atoms with E-state index in [2.05, 4.69) is 6.07 Å². The molecule has 0 saturated heterocycles. The van der Waals surface area contributed by atoms with Crippen molar-refractivity contribution in [2.75, 3.05) is 25.1 Å². The molecule has 1 heterocycles. The van der Waals surface area contributed by atoms with Crippen molar-refractivity contribution >= 4 is 17.5 Å². The molecule has 0 N–H and O–H groups in total. The highest BCUT2D eigenvalue weighted by Gasteiger charge is 2.22. The van der Waals surface area contributed by atoms with Crippen molar-refractivity contribution in [1.29, 1.82) is 0 Å². The summed E-state index contributed by atoms with van der Waals surface area (Å²) in [6.07, 6.45) is 7.19. The normalized spacial score (nSPS) is 15.1. The zero-order chi connectivity index (χ0) is 25.9. The smallest absolute Gasteiger partial charge is 0.231 e. The van der Waals surface area contributed by atoms with Gasteiger partial charge in [0.05, 0.1) is 20.0 Å². The fraction of sp³-hybridized carbons (Fsp3) is 0.375. The van der Waals surface area contributed by atoms with Crippen LogP contribution in [0, 0.1) is 0 Å². The van der Waals surface area contributed by atoms with Crippen LogP contribution < -0.4 is 9.64 Å². The number of ether oxygens (including phenoxy) is 1. The van der Waals surface area contributed by atoms with Gasteiger partial charge in [-0.1, -0.05) is 86.3 Å². The van der Waals surface area contributed by atoms with Gasteiger partial charge in [-0.25, -0.2) is 0 Å². The van der Waals surface area contributed by atoms with Gasteiger partial charge in [0.1, 0.15) is 5.75 Å². The minimum Gasteiger partial charge on any atom is -0.497 e. The van der Waals surface area contributed by atoms with Gasteiger partial charge in [-0.2, -0.15) is 0 Å². The molecule has 0 aromatic heterocycles. The summed E-state index contributed by atoms with van der Waals surface area (Å²) in [5.41, 5.74) is 3.89. The molecule has 194 valence electrons. The highest BCUT2D eigenvalue weighted by molar-refractivity contribution is 5.95. The Morgan fingerprint density at radius 1 is 0.703 bits per heavy atom. The van der Waals surface area contributed by atoms with Gasteiger partial charge >= 0.3 is 0 Å². The molecule has 2 amide bonds. The first-order valence-corrected chi connectivity index (χ1v) is 13.5. The number of rotatable bonds is 5. The number of amides is 2. The van der Waals surface area contributed by atoms with Gasteiger partial charge in [-0.05, 0) is 47.7 Å². The summed E-state index contributed by atoms with van der Waals surface area (Å²) >= 11 is 0. The van der Waals surface area contributed by atoms with E-state index in [1.807, 2.05) is 82.6 Å². The van der Waals surface area contributed by atoms with Crippen LogP contribution in [0.1, 0.15) is 55.2 Å². The molecule has 0 fully saturated rings. The van der Waals surface area contributed by atoms with Crippen molar-refractivity contribution in [3.63, 3.8) is 0 Å². The fourth-order valence-electron chi connectivity index (χ4n) is 5.00. The lowest BCUT2D eigenvalue weighted by atomic mass is 10.1. The molecule has 37 heavy (non-hydrogen) atoms. The van der Waals surface area contributed by atoms with Gasteiger partial charge in [0.15, 0.2) is 0 Å². The second-order valence-electron chi connectivity index (χ2n) is 9.80. The van der Waals surface area contributed by atoms with Crippen molar-refractivity contribution in [3.8, 4) is 5.75 Å². The molecule has 3 aromatic rings. The molecule has 5 heteroatoms. The highest BCUT2D eigenvalue weighted by Crippen LogP contribution is 2.26. The maximum atomic E-state index is 13.7. The highest BCUT2D eigenvalue weighted by atomic mass is 16.5. The molecule has 4 rings (SSSR count). The average Bonchev–Trinajstić information content (AvgIpc) is 2.94. The minimum atomic E-state index is 0.0673.